The number of hydrogen-bond donors (Lipinski definition) is 1. The lowest BCUT2D eigenvalue weighted by Gasteiger charge is -2.20. The highest BCUT2D eigenvalue weighted by Crippen LogP contribution is 2.23. The number of likely N-dealkylation sites (N-methyl/N-ethyl adjacent to an activating group) is 1. The van der Waals surface area contributed by atoms with Crippen LogP contribution in [0.5, 0.6) is 0 Å². The smallest absolute Gasteiger partial charge is 0.323 e. The number of carbonyl (C=O) groups excluding carboxylic acids is 1. The summed E-state index contributed by atoms with van der Waals surface area (Å²) in [7, 11) is 1.99. The van der Waals surface area contributed by atoms with Crippen LogP contribution in [0.3, 0.4) is 0 Å². The van der Waals surface area contributed by atoms with Crippen LogP contribution in [0.4, 0.5) is 25.1 Å². The maximum Gasteiger partial charge on any atom is 0.323 e. The normalized spacial score (nSPS) is 14.5. The van der Waals surface area contributed by atoms with Crippen molar-refractivity contribution in [1.82, 2.24) is 14.7 Å². The molecule has 128 valence electrons. The van der Waals surface area contributed by atoms with Crippen LogP contribution in [0.2, 0.25) is 0 Å². The third kappa shape index (κ3) is 3.64. The second-order valence-electron chi connectivity index (χ2n) is 5.72. The Morgan fingerprint density at radius 3 is 2.88 bits per heavy atom. The number of rotatable bonds is 3. The molecule has 0 bridgehead atoms. The van der Waals surface area contributed by atoms with E-state index in [-0.39, 0.29) is 11.8 Å². The number of amides is 2. The standard InChI is InChI=1S/C16H19F2N5O/c1-21-8-9-22(10-12-4-2-3-5-13(12)21)16(24)19-15-6-7-23(20-15)11-14(17)18/h2-7,14H,8-11H2,1H3,(H,19,20,24). The van der Waals surface area contributed by atoms with Crippen LogP contribution in [0.15, 0.2) is 36.5 Å². The highest BCUT2D eigenvalue weighted by Gasteiger charge is 2.21. The molecule has 0 unspecified atom stereocenters. The van der Waals surface area contributed by atoms with Crippen molar-refractivity contribution in [1.29, 1.82) is 0 Å². The Hall–Kier alpha value is -2.64. The number of anilines is 2. The van der Waals surface area contributed by atoms with Gasteiger partial charge in [-0.05, 0) is 11.6 Å². The topological polar surface area (TPSA) is 53.4 Å². The zero-order valence-corrected chi connectivity index (χ0v) is 13.3. The van der Waals surface area contributed by atoms with Crippen LogP contribution in [-0.2, 0) is 13.1 Å². The summed E-state index contributed by atoms with van der Waals surface area (Å²) in [5.74, 6) is 0.270. The number of para-hydroxylation sites is 1. The van der Waals surface area contributed by atoms with Gasteiger partial charge in [0, 0.05) is 44.6 Å². The molecular weight excluding hydrogens is 316 g/mol. The van der Waals surface area contributed by atoms with Gasteiger partial charge in [-0.25, -0.2) is 13.6 Å². The van der Waals surface area contributed by atoms with Crippen molar-refractivity contribution in [2.24, 2.45) is 0 Å². The van der Waals surface area contributed by atoms with Crippen LogP contribution in [0, 0.1) is 0 Å². The van der Waals surface area contributed by atoms with E-state index in [9.17, 15) is 13.6 Å². The largest absolute Gasteiger partial charge is 0.373 e. The molecule has 0 saturated heterocycles. The molecule has 2 amide bonds. The molecule has 0 saturated carbocycles. The van der Waals surface area contributed by atoms with Gasteiger partial charge in [-0.1, -0.05) is 18.2 Å². The van der Waals surface area contributed by atoms with E-state index in [1.165, 1.54) is 12.3 Å². The van der Waals surface area contributed by atoms with Gasteiger partial charge in [0.25, 0.3) is 6.43 Å². The maximum absolute atomic E-state index is 12.5. The van der Waals surface area contributed by atoms with Crippen LogP contribution >= 0.6 is 0 Å². The SMILES string of the molecule is CN1CCN(C(=O)Nc2ccn(CC(F)F)n2)Cc2ccccc21. The predicted molar refractivity (Wildman–Crippen MR) is 87.4 cm³/mol. The molecule has 1 aliphatic rings. The first-order chi connectivity index (χ1) is 11.5. The minimum absolute atomic E-state index is 0.270. The molecule has 1 N–H and O–H groups in total. The Balaban J connectivity index is 1.68. The molecule has 1 aromatic carbocycles. The third-order valence-electron chi connectivity index (χ3n) is 3.96. The van der Waals surface area contributed by atoms with E-state index in [0.29, 0.717) is 19.6 Å². The van der Waals surface area contributed by atoms with E-state index in [1.807, 2.05) is 31.3 Å². The highest BCUT2D eigenvalue weighted by atomic mass is 19.3. The van der Waals surface area contributed by atoms with Crippen LogP contribution in [-0.4, -0.2) is 47.3 Å². The molecule has 8 heteroatoms. The molecule has 3 rings (SSSR count). The average molecular weight is 335 g/mol. The number of urea groups is 1. The number of benzene rings is 1. The summed E-state index contributed by atoms with van der Waals surface area (Å²) in [6.07, 6.45) is -1.06. The number of nitrogens with one attached hydrogen (secondary N) is 1. The fourth-order valence-electron chi connectivity index (χ4n) is 2.73. The molecule has 0 atom stereocenters. The maximum atomic E-state index is 12.5. The quantitative estimate of drug-likeness (QED) is 0.938. The van der Waals surface area contributed by atoms with Crippen molar-refractivity contribution in [3.05, 3.63) is 42.1 Å². The van der Waals surface area contributed by atoms with Crippen molar-refractivity contribution in [3.63, 3.8) is 0 Å². The summed E-state index contributed by atoms with van der Waals surface area (Å²) in [5, 5.41) is 6.61. The molecule has 2 heterocycles. The highest BCUT2D eigenvalue weighted by molar-refractivity contribution is 5.88. The Kier molecular flexibility index (Phi) is 4.64. The fourth-order valence-corrected chi connectivity index (χ4v) is 2.73. The van der Waals surface area contributed by atoms with Gasteiger partial charge < -0.3 is 9.80 Å². The van der Waals surface area contributed by atoms with E-state index in [2.05, 4.69) is 15.3 Å². The second-order valence-corrected chi connectivity index (χ2v) is 5.72. The first-order valence-electron chi connectivity index (χ1n) is 7.69. The molecule has 1 aromatic heterocycles. The second kappa shape index (κ2) is 6.86. The summed E-state index contributed by atoms with van der Waals surface area (Å²) in [6.45, 7) is 1.28. The zero-order valence-electron chi connectivity index (χ0n) is 13.3. The molecule has 6 nitrogen and oxygen atoms in total. The van der Waals surface area contributed by atoms with Crippen LogP contribution < -0.4 is 10.2 Å². The van der Waals surface area contributed by atoms with Crippen molar-refractivity contribution in [2.75, 3.05) is 30.4 Å². The van der Waals surface area contributed by atoms with Gasteiger partial charge in [-0.2, -0.15) is 5.10 Å². The predicted octanol–water partition coefficient (Wildman–Crippen LogP) is 2.63. The van der Waals surface area contributed by atoms with Gasteiger partial charge in [0.1, 0.15) is 6.54 Å². The molecule has 2 aromatic rings. The van der Waals surface area contributed by atoms with Gasteiger partial charge in [0.2, 0.25) is 0 Å². The van der Waals surface area contributed by atoms with Crippen molar-refractivity contribution in [2.45, 2.75) is 19.5 Å². The first-order valence-corrected chi connectivity index (χ1v) is 7.69. The Morgan fingerprint density at radius 1 is 1.29 bits per heavy atom. The molecule has 0 spiro atoms. The van der Waals surface area contributed by atoms with Gasteiger partial charge in [0.05, 0.1) is 0 Å². The van der Waals surface area contributed by atoms with Crippen molar-refractivity contribution < 1.29 is 13.6 Å². The van der Waals surface area contributed by atoms with Crippen molar-refractivity contribution >= 4 is 17.5 Å². The minimum atomic E-state index is -2.48. The van der Waals surface area contributed by atoms with Gasteiger partial charge >= 0.3 is 6.03 Å². The number of halogens is 2. The lowest BCUT2D eigenvalue weighted by molar-refractivity contribution is 0.122. The van der Waals surface area contributed by atoms with Gasteiger partial charge in [0.15, 0.2) is 5.82 Å². The lowest BCUT2D eigenvalue weighted by atomic mass is 10.1. The number of fused-ring (bicyclic) bond motifs is 1. The average Bonchev–Trinajstić information content (AvgIpc) is 2.89. The minimum Gasteiger partial charge on any atom is -0.373 e. The van der Waals surface area contributed by atoms with E-state index in [4.69, 9.17) is 0 Å². The van der Waals surface area contributed by atoms with Gasteiger partial charge in [-0.3, -0.25) is 10.00 Å². The molecule has 24 heavy (non-hydrogen) atoms. The lowest BCUT2D eigenvalue weighted by Crippen LogP contribution is -2.37. The number of nitrogens with zero attached hydrogens (tertiary/aromatic N) is 4. The van der Waals surface area contributed by atoms with E-state index < -0.39 is 13.0 Å². The Labute approximate surface area is 138 Å². The Morgan fingerprint density at radius 2 is 2.08 bits per heavy atom. The number of hydrogen-bond acceptors (Lipinski definition) is 3. The third-order valence-corrected chi connectivity index (χ3v) is 3.96. The Bertz CT molecular complexity index is 718. The molecule has 0 fully saturated rings. The number of carbonyl (C=O) groups is 1. The monoisotopic (exact) mass is 335 g/mol. The van der Waals surface area contributed by atoms with Crippen LogP contribution in [0.25, 0.3) is 0 Å². The first kappa shape index (κ1) is 16.2. The van der Waals surface area contributed by atoms with E-state index in [1.54, 1.807) is 4.90 Å². The summed E-state index contributed by atoms with van der Waals surface area (Å²) in [5.41, 5.74) is 2.17. The fraction of sp³-hybridized carbons (Fsp3) is 0.375. The summed E-state index contributed by atoms with van der Waals surface area (Å²) in [6, 6.07) is 9.17. The molecule has 1 aliphatic heterocycles. The van der Waals surface area contributed by atoms with Gasteiger partial charge in [-0.15, -0.1) is 0 Å². The summed E-state index contributed by atoms with van der Waals surface area (Å²) < 4.78 is 25.8. The van der Waals surface area contributed by atoms with E-state index >= 15 is 0 Å². The molecule has 0 aliphatic carbocycles. The molecule has 0 radical (unpaired) electrons. The zero-order chi connectivity index (χ0) is 17.1. The number of alkyl halides is 2. The summed E-state index contributed by atoms with van der Waals surface area (Å²) >= 11 is 0. The van der Waals surface area contributed by atoms with Crippen LogP contribution in [0.1, 0.15) is 5.56 Å². The number of aromatic nitrogens is 2. The van der Waals surface area contributed by atoms with Crippen molar-refractivity contribution in [3.8, 4) is 0 Å². The molecular formula is C16H19F2N5O. The van der Waals surface area contributed by atoms with E-state index in [0.717, 1.165) is 15.9 Å². The summed E-state index contributed by atoms with van der Waals surface area (Å²) in [4.78, 5) is 16.3.